The fourth-order valence-electron chi connectivity index (χ4n) is 4.49. The van der Waals surface area contributed by atoms with E-state index in [-0.39, 0.29) is 11.8 Å². The molecule has 0 unspecified atom stereocenters. The second-order valence-corrected chi connectivity index (χ2v) is 9.24. The lowest BCUT2D eigenvalue weighted by atomic mass is 9.89. The van der Waals surface area contributed by atoms with Crippen molar-refractivity contribution in [3.63, 3.8) is 0 Å². The molecule has 2 aliphatic rings. The number of ketones is 1. The predicted octanol–water partition coefficient (Wildman–Crippen LogP) is 3.08. The number of Topliss-reactive ketones (excluding diaryl/α,β-unsaturated/α-hetero) is 1. The summed E-state index contributed by atoms with van der Waals surface area (Å²) in [4.78, 5) is 36.4. The van der Waals surface area contributed by atoms with Crippen molar-refractivity contribution in [1.82, 2.24) is 14.8 Å². The molecule has 3 rings (SSSR count). The summed E-state index contributed by atoms with van der Waals surface area (Å²) in [5, 5.41) is 0. The minimum Gasteiger partial charge on any atom is -0.357 e. The van der Waals surface area contributed by atoms with E-state index in [1.54, 1.807) is 6.20 Å². The van der Waals surface area contributed by atoms with E-state index in [4.69, 9.17) is 0 Å². The van der Waals surface area contributed by atoms with Crippen molar-refractivity contribution in [2.24, 2.45) is 11.8 Å². The van der Waals surface area contributed by atoms with Gasteiger partial charge < -0.3 is 14.7 Å². The number of aromatic nitrogens is 1. The van der Waals surface area contributed by atoms with Gasteiger partial charge in [-0.15, -0.1) is 0 Å². The van der Waals surface area contributed by atoms with E-state index in [2.05, 4.69) is 42.7 Å². The Bertz CT molecular complexity index is 693. The lowest BCUT2D eigenvalue weighted by Crippen LogP contribution is -2.43. The highest BCUT2D eigenvalue weighted by Gasteiger charge is 2.29. The van der Waals surface area contributed by atoms with E-state index >= 15 is 0 Å². The third kappa shape index (κ3) is 5.56. The molecule has 160 valence electrons. The number of rotatable bonds is 6. The van der Waals surface area contributed by atoms with Crippen molar-refractivity contribution < 1.29 is 9.59 Å². The van der Waals surface area contributed by atoms with Crippen LogP contribution < -0.4 is 4.90 Å². The number of carbonyl (C=O) groups excluding carboxylic acids is 2. The highest BCUT2D eigenvalue weighted by Crippen LogP contribution is 2.23. The van der Waals surface area contributed by atoms with E-state index in [1.165, 1.54) is 0 Å². The number of amides is 1. The first-order valence-electron chi connectivity index (χ1n) is 11.0. The van der Waals surface area contributed by atoms with E-state index in [1.807, 2.05) is 17.0 Å². The summed E-state index contributed by atoms with van der Waals surface area (Å²) in [5.74, 6) is 1.60. The molecule has 1 amide bonds. The van der Waals surface area contributed by atoms with Crippen LogP contribution in [0.1, 0.15) is 56.3 Å². The quantitative estimate of drug-likeness (QED) is 0.734. The Morgan fingerprint density at radius 1 is 1.14 bits per heavy atom. The standard InChI is InChI=1S/C23H36N4O2/c1-17(2)14-21(28)19-6-5-11-27(16-19)23(29)18-7-8-22(24-15-18)26-12-9-20(10-13-26)25(3)4/h7-8,15,17,19-20H,5-6,9-14,16H2,1-4H3/t19-/m0/s1. The molecule has 1 atom stereocenters. The molecule has 0 N–H and O–H groups in total. The Kier molecular flexibility index (Phi) is 7.28. The number of anilines is 1. The number of piperidine rings is 2. The van der Waals surface area contributed by atoms with Crippen LogP contribution in [0.25, 0.3) is 0 Å². The molecule has 6 nitrogen and oxygen atoms in total. The zero-order valence-corrected chi connectivity index (χ0v) is 18.4. The van der Waals surface area contributed by atoms with Crippen LogP contribution in [0, 0.1) is 11.8 Å². The van der Waals surface area contributed by atoms with Gasteiger partial charge in [0.05, 0.1) is 5.56 Å². The lowest BCUT2D eigenvalue weighted by Gasteiger charge is -2.36. The van der Waals surface area contributed by atoms with E-state index in [0.717, 1.165) is 51.1 Å². The normalized spacial score (nSPS) is 21.1. The largest absolute Gasteiger partial charge is 0.357 e. The maximum Gasteiger partial charge on any atom is 0.255 e. The van der Waals surface area contributed by atoms with Crippen molar-refractivity contribution in [3.05, 3.63) is 23.9 Å². The summed E-state index contributed by atoms with van der Waals surface area (Å²) >= 11 is 0. The average molecular weight is 401 g/mol. The summed E-state index contributed by atoms with van der Waals surface area (Å²) in [6.07, 6.45) is 6.37. The van der Waals surface area contributed by atoms with Crippen LogP contribution in [0.15, 0.2) is 18.3 Å². The first-order chi connectivity index (χ1) is 13.8. The molecular formula is C23H36N4O2. The zero-order valence-electron chi connectivity index (χ0n) is 18.4. The molecule has 1 aromatic rings. The van der Waals surface area contributed by atoms with Crippen molar-refractivity contribution in [3.8, 4) is 0 Å². The van der Waals surface area contributed by atoms with Crippen LogP contribution in [0.3, 0.4) is 0 Å². The topological polar surface area (TPSA) is 56.8 Å². The second-order valence-electron chi connectivity index (χ2n) is 9.24. The van der Waals surface area contributed by atoms with Gasteiger partial charge >= 0.3 is 0 Å². The van der Waals surface area contributed by atoms with E-state index in [0.29, 0.717) is 36.3 Å². The SMILES string of the molecule is CC(C)CC(=O)[C@H]1CCCN(C(=O)c2ccc(N3CCC(N(C)C)CC3)nc2)C1. The number of nitrogens with zero attached hydrogens (tertiary/aromatic N) is 4. The van der Waals surface area contributed by atoms with Crippen molar-refractivity contribution in [2.45, 2.75) is 52.0 Å². The van der Waals surface area contributed by atoms with Gasteiger partial charge in [0.2, 0.25) is 0 Å². The lowest BCUT2D eigenvalue weighted by molar-refractivity contribution is -0.124. The van der Waals surface area contributed by atoms with Crippen LogP contribution in [0.4, 0.5) is 5.82 Å². The molecule has 2 saturated heterocycles. The Morgan fingerprint density at radius 3 is 2.45 bits per heavy atom. The first kappa shape index (κ1) is 21.8. The van der Waals surface area contributed by atoms with Gasteiger partial charge in [0.15, 0.2) is 0 Å². The smallest absolute Gasteiger partial charge is 0.255 e. The minimum absolute atomic E-state index is 0.00240. The molecule has 0 aromatic carbocycles. The zero-order chi connectivity index (χ0) is 21.0. The summed E-state index contributed by atoms with van der Waals surface area (Å²) in [5.41, 5.74) is 0.619. The van der Waals surface area contributed by atoms with Gasteiger partial charge in [0.25, 0.3) is 5.91 Å². The van der Waals surface area contributed by atoms with Gasteiger partial charge in [-0.1, -0.05) is 13.8 Å². The van der Waals surface area contributed by atoms with Crippen LogP contribution in [-0.4, -0.2) is 72.8 Å². The molecule has 0 saturated carbocycles. The monoisotopic (exact) mass is 400 g/mol. The maximum absolute atomic E-state index is 13.0. The fourth-order valence-corrected chi connectivity index (χ4v) is 4.49. The van der Waals surface area contributed by atoms with Crippen molar-refractivity contribution >= 4 is 17.5 Å². The maximum atomic E-state index is 13.0. The van der Waals surface area contributed by atoms with Gasteiger partial charge in [-0.25, -0.2) is 4.98 Å². The summed E-state index contributed by atoms with van der Waals surface area (Å²) < 4.78 is 0. The van der Waals surface area contributed by atoms with Crippen LogP contribution >= 0.6 is 0 Å². The van der Waals surface area contributed by atoms with E-state index < -0.39 is 0 Å². The summed E-state index contributed by atoms with van der Waals surface area (Å²) in [6.45, 7) is 7.40. The fraction of sp³-hybridized carbons (Fsp3) is 0.696. The summed E-state index contributed by atoms with van der Waals surface area (Å²) in [7, 11) is 4.28. The molecule has 2 fully saturated rings. The molecule has 0 aliphatic carbocycles. The number of carbonyl (C=O) groups is 2. The molecule has 0 spiro atoms. The van der Waals surface area contributed by atoms with Gasteiger partial charge in [-0.05, 0) is 57.8 Å². The van der Waals surface area contributed by atoms with Gasteiger partial charge in [0, 0.05) is 50.8 Å². The molecule has 2 aliphatic heterocycles. The van der Waals surface area contributed by atoms with Crippen molar-refractivity contribution in [1.29, 1.82) is 0 Å². The molecule has 6 heteroatoms. The number of likely N-dealkylation sites (tertiary alicyclic amines) is 1. The van der Waals surface area contributed by atoms with E-state index in [9.17, 15) is 9.59 Å². The van der Waals surface area contributed by atoms with Crippen LogP contribution in [-0.2, 0) is 4.79 Å². The van der Waals surface area contributed by atoms with Gasteiger partial charge in [0.1, 0.15) is 11.6 Å². The van der Waals surface area contributed by atoms with Gasteiger partial charge in [-0.3, -0.25) is 9.59 Å². The average Bonchev–Trinajstić information content (AvgIpc) is 2.73. The molecule has 3 heterocycles. The highest BCUT2D eigenvalue weighted by atomic mass is 16.2. The Morgan fingerprint density at radius 2 is 1.86 bits per heavy atom. The Hall–Kier alpha value is -1.95. The van der Waals surface area contributed by atoms with Crippen LogP contribution in [0.5, 0.6) is 0 Å². The number of hydrogen-bond acceptors (Lipinski definition) is 5. The first-order valence-corrected chi connectivity index (χ1v) is 11.0. The second kappa shape index (κ2) is 9.70. The van der Waals surface area contributed by atoms with Crippen molar-refractivity contribution in [2.75, 3.05) is 45.2 Å². The highest BCUT2D eigenvalue weighted by molar-refractivity contribution is 5.94. The Balaban J connectivity index is 1.58. The van der Waals surface area contributed by atoms with Crippen LogP contribution in [0.2, 0.25) is 0 Å². The number of pyridine rings is 1. The minimum atomic E-state index is -0.0136. The predicted molar refractivity (Wildman–Crippen MR) is 116 cm³/mol. The summed E-state index contributed by atoms with van der Waals surface area (Å²) in [6, 6.07) is 4.49. The third-order valence-electron chi connectivity index (χ3n) is 6.29. The Labute approximate surface area is 175 Å². The molecule has 1 aromatic heterocycles. The molecule has 0 bridgehead atoms. The molecule has 0 radical (unpaired) electrons. The third-order valence-corrected chi connectivity index (χ3v) is 6.29. The van der Waals surface area contributed by atoms with Gasteiger partial charge in [-0.2, -0.15) is 0 Å². The molecule has 29 heavy (non-hydrogen) atoms. The number of hydrogen-bond donors (Lipinski definition) is 0. The molecular weight excluding hydrogens is 364 g/mol.